The van der Waals surface area contributed by atoms with Crippen LogP contribution in [0, 0.1) is 0 Å². The summed E-state index contributed by atoms with van der Waals surface area (Å²) in [6.07, 6.45) is 7.84. The van der Waals surface area contributed by atoms with Gasteiger partial charge in [-0.05, 0) is 29.7 Å². The van der Waals surface area contributed by atoms with Crippen molar-refractivity contribution in [2.75, 3.05) is 0 Å². The largest absolute Gasteiger partial charge is 0.354 e. The minimum atomic E-state index is 0.339. The van der Waals surface area contributed by atoms with Crippen molar-refractivity contribution in [3.63, 3.8) is 0 Å². The summed E-state index contributed by atoms with van der Waals surface area (Å²) in [5.74, 6) is 0.339. The molecule has 2 N–H and O–H groups in total. The van der Waals surface area contributed by atoms with Gasteiger partial charge in [-0.3, -0.25) is 0 Å². The molecular weight excluding hydrogens is 388 g/mol. The molecule has 1 aliphatic rings. The van der Waals surface area contributed by atoms with Gasteiger partial charge in [0.2, 0.25) is 0 Å². The molecule has 0 saturated heterocycles. The number of nitrogens with one attached hydrogen (secondary N) is 2. The zero-order chi connectivity index (χ0) is 21.1. The molecule has 0 bridgehead atoms. The summed E-state index contributed by atoms with van der Waals surface area (Å²) in [5.41, 5.74) is 8.94. The average Bonchev–Trinajstić information content (AvgIpc) is 3.42. The van der Waals surface area contributed by atoms with Crippen LogP contribution in [0.1, 0.15) is 23.5 Å². The highest BCUT2D eigenvalue weighted by Gasteiger charge is 2.20. The zero-order valence-electron chi connectivity index (χ0n) is 17.6. The Balaban J connectivity index is 1.35. The molecule has 2 heterocycles. The number of rotatable bonds is 2. The minimum absolute atomic E-state index is 0.339. The monoisotopic (exact) mass is 410 g/mol. The van der Waals surface area contributed by atoms with Crippen molar-refractivity contribution < 1.29 is 0 Å². The van der Waals surface area contributed by atoms with Gasteiger partial charge >= 0.3 is 0 Å². The third-order valence-electron chi connectivity index (χ3n) is 6.94. The van der Waals surface area contributed by atoms with Crippen LogP contribution in [-0.2, 0) is 0 Å². The van der Waals surface area contributed by atoms with E-state index in [0.29, 0.717) is 5.92 Å². The topological polar surface area (TPSA) is 31.6 Å². The number of H-pyrrole nitrogens is 2. The Morgan fingerprint density at radius 1 is 0.594 bits per heavy atom. The Labute approximate surface area is 185 Å². The summed E-state index contributed by atoms with van der Waals surface area (Å²) in [6.45, 7) is 0. The van der Waals surface area contributed by atoms with Crippen molar-refractivity contribution in [1.29, 1.82) is 0 Å². The summed E-state index contributed by atoms with van der Waals surface area (Å²) in [7, 11) is 0. The van der Waals surface area contributed by atoms with Gasteiger partial charge in [0.05, 0.1) is 11.0 Å². The minimum Gasteiger partial charge on any atom is -0.354 e. The van der Waals surface area contributed by atoms with Crippen LogP contribution in [0.2, 0.25) is 0 Å². The van der Waals surface area contributed by atoms with Crippen molar-refractivity contribution >= 4 is 49.2 Å². The second-order valence-electron chi connectivity index (χ2n) is 8.73. The van der Waals surface area contributed by atoms with Crippen molar-refractivity contribution in [1.82, 2.24) is 9.97 Å². The summed E-state index contributed by atoms with van der Waals surface area (Å²) < 4.78 is 0. The lowest BCUT2D eigenvalue weighted by atomic mass is 9.84. The van der Waals surface area contributed by atoms with Crippen molar-refractivity contribution in [2.45, 2.75) is 12.3 Å². The second kappa shape index (κ2) is 6.73. The molecule has 1 unspecified atom stereocenters. The number of hydrogen-bond acceptors (Lipinski definition) is 0. The average molecular weight is 411 g/mol. The Morgan fingerprint density at radius 3 is 2.00 bits per heavy atom. The van der Waals surface area contributed by atoms with Crippen LogP contribution >= 0.6 is 0 Å². The third kappa shape index (κ3) is 2.53. The molecule has 152 valence electrons. The van der Waals surface area contributed by atoms with Crippen LogP contribution in [0.15, 0.2) is 103 Å². The quantitative estimate of drug-likeness (QED) is 0.289. The number of para-hydroxylation sites is 4. The molecule has 32 heavy (non-hydrogen) atoms. The number of fused-ring (bicyclic) bond motifs is 6. The van der Waals surface area contributed by atoms with Gasteiger partial charge in [0.25, 0.3) is 0 Å². The highest BCUT2D eigenvalue weighted by molar-refractivity contribution is 6.11. The Bertz CT molecular complexity index is 1710. The van der Waals surface area contributed by atoms with E-state index in [1.54, 1.807) is 0 Å². The predicted molar refractivity (Wildman–Crippen MR) is 136 cm³/mol. The fourth-order valence-electron chi connectivity index (χ4n) is 5.44. The van der Waals surface area contributed by atoms with Crippen LogP contribution in [0.5, 0.6) is 0 Å². The van der Waals surface area contributed by atoms with Crippen LogP contribution in [0.25, 0.3) is 49.2 Å². The van der Waals surface area contributed by atoms with E-state index in [1.165, 1.54) is 60.3 Å². The molecule has 0 spiro atoms. The SMILES string of the molecule is C1=CC(c2cccc3c2[nH]c2ccccc23)CC(c2cccc3c2[nH]c2ccccc23)=C1. The van der Waals surface area contributed by atoms with Crippen LogP contribution < -0.4 is 0 Å². The van der Waals surface area contributed by atoms with Crippen LogP contribution in [0.3, 0.4) is 0 Å². The lowest BCUT2D eigenvalue weighted by molar-refractivity contribution is 0.874. The molecule has 2 heteroatoms. The van der Waals surface area contributed by atoms with Gasteiger partial charge in [-0.2, -0.15) is 0 Å². The molecular formula is C30H22N2. The fraction of sp³-hybridized carbons (Fsp3) is 0.0667. The maximum absolute atomic E-state index is 3.69. The van der Waals surface area contributed by atoms with Gasteiger partial charge in [-0.15, -0.1) is 0 Å². The third-order valence-corrected chi connectivity index (χ3v) is 6.94. The second-order valence-corrected chi connectivity index (χ2v) is 8.73. The molecule has 0 saturated carbocycles. The summed E-state index contributed by atoms with van der Waals surface area (Å²) in [5, 5.41) is 5.18. The lowest BCUT2D eigenvalue weighted by Gasteiger charge is -2.20. The molecule has 0 amide bonds. The van der Waals surface area contributed by atoms with E-state index in [1.807, 2.05) is 0 Å². The zero-order valence-corrected chi connectivity index (χ0v) is 17.6. The maximum Gasteiger partial charge on any atom is 0.0541 e. The van der Waals surface area contributed by atoms with Crippen molar-refractivity contribution in [2.24, 2.45) is 0 Å². The normalized spacial score (nSPS) is 16.4. The van der Waals surface area contributed by atoms with Gasteiger partial charge in [0, 0.05) is 44.1 Å². The summed E-state index contributed by atoms with van der Waals surface area (Å²) in [6, 6.07) is 30.5. The van der Waals surface area contributed by atoms with Crippen LogP contribution in [0.4, 0.5) is 0 Å². The van der Waals surface area contributed by atoms with Crippen molar-refractivity contribution in [3.8, 4) is 0 Å². The van der Waals surface area contributed by atoms with E-state index < -0.39 is 0 Å². The van der Waals surface area contributed by atoms with Gasteiger partial charge in [0.15, 0.2) is 0 Å². The first-order valence-electron chi connectivity index (χ1n) is 11.2. The molecule has 6 aromatic rings. The molecule has 0 aliphatic heterocycles. The molecule has 1 aliphatic carbocycles. The molecule has 7 rings (SSSR count). The Kier molecular flexibility index (Phi) is 3.71. The lowest BCUT2D eigenvalue weighted by Crippen LogP contribution is -2.02. The highest BCUT2D eigenvalue weighted by Crippen LogP contribution is 2.40. The van der Waals surface area contributed by atoms with Gasteiger partial charge in [-0.1, -0.05) is 91.0 Å². The summed E-state index contributed by atoms with van der Waals surface area (Å²) >= 11 is 0. The molecule has 0 fully saturated rings. The molecule has 4 aromatic carbocycles. The standard InChI is InChI=1S/C30H22N2/c1-3-16-27-23(10-1)25-14-6-12-21(29(25)31-27)19-8-5-9-20(18-19)22-13-7-15-26-24-11-2-4-17-28(24)32-30(22)26/h1-17,19,31-32H,18H2. The molecule has 0 radical (unpaired) electrons. The van der Waals surface area contributed by atoms with Gasteiger partial charge in [-0.25, -0.2) is 0 Å². The maximum atomic E-state index is 3.69. The molecule has 1 atom stereocenters. The number of hydrogen-bond donors (Lipinski definition) is 2. The highest BCUT2D eigenvalue weighted by atomic mass is 14.7. The molecule has 2 aromatic heterocycles. The smallest absolute Gasteiger partial charge is 0.0541 e. The van der Waals surface area contributed by atoms with E-state index in [4.69, 9.17) is 0 Å². The number of aromatic amines is 2. The van der Waals surface area contributed by atoms with Crippen LogP contribution in [-0.4, -0.2) is 9.97 Å². The fourth-order valence-corrected chi connectivity index (χ4v) is 5.44. The van der Waals surface area contributed by atoms with Crippen molar-refractivity contribution in [3.05, 3.63) is 114 Å². The van der Waals surface area contributed by atoms with E-state index in [9.17, 15) is 0 Å². The van der Waals surface area contributed by atoms with E-state index in [-0.39, 0.29) is 0 Å². The Hall–Kier alpha value is -4.04. The number of aromatic nitrogens is 2. The first kappa shape index (κ1) is 17.6. The molecule has 2 nitrogen and oxygen atoms in total. The van der Waals surface area contributed by atoms with Gasteiger partial charge < -0.3 is 9.97 Å². The number of allylic oxidation sites excluding steroid dienone is 4. The Morgan fingerprint density at radius 2 is 1.22 bits per heavy atom. The number of benzene rings is 4. The van der Waals surface area contributed by atoms with E-state index in [0.717, 1.165) is 6.42 Å². The first-order valence-corrected chi connectivity index (χ1v) is 11.2. The van der Waals surface area contributed by atoms with E-state index in [2.05, 4.69) is 113 Å². The predicted octanol–water partition coefficient (Wildman–Crippen LogP) is 8.08. The van der Waals surface area contributed by atoms with Gasteiger partial charge in [0.1, 0.15) is 0 Å². The van der Waals surface area contributed by atoms with E-state index >= 15 is 0 Å². The first-order chi connectivity index (χ1) is 15.9. The summed E-state index contributed by atoms with van der Waals surface area (Å²) in [4.78, 5) is 7.36.